The van der Waals surface area contributed by atoms with E-state index in [1.54, 1.807) is 19.0 Å². The van der Waals surface area contributed by atoms with Gasteiger partial charge in [0.15, 0.2) is 5.96 Å². The molecule has 1 aliphatic rings. The van der Waals surface area contributed by atoms with Gasteiger partial charge in [-0.2, -0.15) is 0 Å². The summed E-state index contributed by atoms with van der Waals surface area (Å²) in [7, 11) is 3.47. The molecule has 0 saturated carbocycles. The van der Waals surface area contributed by atoms with Gasteiger partial charge in [0.05, 0.1) is 19.7 Å². The molecule has 0 bridgehead atoms. The van der Waals surface area contributed by atoms with E-state index < -0.39 is 0 Å². The minimum absolute atomic E-state index is 0. The van der Waals surface area contributed by atoms with Gasteiger partial charge in [-0.15, -0.1) is 24.0 Å². The van der Waals surface area contributed by atoms with Crippen molar-refractivity contribution in [1.82, 2.24) is 15.5 Å². The largest absolute Gasteiger partial charge is 0.494 e. The Labute approximate surface area is 185 Å². The number of aliphatic imine (C=N–C) groups is 1. The molecule has 1 aliphatic heterocycles. The normalized spacial score (nSPS) is 15.2. The zero-order valence-corrected chi connectivity index (χ0v) is 19.8. The van der Waals surface area contributed by atoms with Gasteiger partial charge in [-0.25, -0.2) is 4.99 Å². The van der Waals surface area contributed by atoms with Crippen LogP contribution in [0, 0.1) is 0 Å². The van der Waals surface area contributed by atoms with Crippen LogP contribution < -0.4 is 20.1 Å². The van der Waals surface area contributed by atoms with Crippen molar-refractivity contribution in [2.24, 2.45) is 4.99 Å². The summed E-state index contributed by atoms with van der Waals surface area (Å²) in [5.41, 5.74) is 2.15. The maximum Gasteiger partial charge on any atom is 0.241 e. The van der Waals surface area contributed by atoms with Crippen LogP contribution in [0.25, 0.3) is 0 Å². The van der Waals surface area contributed by atoms with Gasteiger partial charge in [-0.05, 0) is 32.4 Å². The molecule has 1 aromatic rings. The molecule has 1 amide bonds. The van der Waals surface area contributed by atoms with Gasteiger partial charge >= 0.3 is 0 Å². The van der Waals surface area contributed by atoms with E-state index in [2.05, 4.69) is 35.5 Å². The standard InChI is InChI=1S/C20H32N4O3.HI/c1-6-8-21-20(23-13-19(25)24(4)5)22-12-16-11-18-15(9-14(3)27-18)10-17(16)26-7-2;/h10-11,14H,6-9,12-13H2,1-5H3,(H2,21,22,23);1H. The Balaban J connectivity index is 0.00000392. The fourth-order valence-electron chi connectivity index (χ4n) is 2.79. The predicted octanol–water partition coefficient (Wildman–Crippen LogP) is 2.56. The van der Waals surface area contributed by atoms with Crippen molar-refractivity contribution in [1.29, 1.82) is 0 Å². The first-order chi connectivity index (χ1) is 12.9. The molecule has 0 saturated heterocycles. The fraction of sp³-hybridized carbons (Fsp3) is 0.600. The van der Waals surface area contributed by atoms with Gasteiger partial charge in [0.2, 0.25) is 5.91 Å². The zero-order chi connectivity index (χ0) is 19.8. The van der Waals surface area contributed by atoms with Crippen LogP contribution in [0.2, 0.25) is 0 Å². The van der Waals surface area contributed by atoms with Crippen molar-refractivity contribution in [3.8, 4) is 11.5 Å². The minimum Gasteiger partial charge on any atom is -0.494 e. The van der Waals surface area contributed by atoms with Crippen molar-refractivity contribution >= 4 is 35.8 Å². The van der Waals surface area contributed by atoms with Gasteiger partial charge in [0.1, 0.15) is 17.6 Å². The van der Waals surface area contributed by atoms with Crippen LogP contribution in [-0.4, -0.2) is 56.7 Å². The number of carbonyl (C=O) groups excluding carboxylic acids is 1. The van der Waals surface area contributed by atoms with E-state index in [1.165, 1.54) is 5.56 Å². The van der Waals surface area contributed by atoms with Crippen molar-refractivity contribution in [2.75, 3.05) is 33.8 Å². The highest BCUT2D eigenvalue weighted by atomic mass is 127. The molecule has 0 aromatic heterocycles. The molecule has 0 fully saturated rings. The number of hydrogen-bond donors (Lipinski definition) is 2. The second kappa shape index (κ2) is 12.0. The number of rotatable bonds is 8. The van der Waals surface area contributed by atoms with Crippen LogP contribution in [0.3, 0.4) is 0 Å². The number of nitrogens with one attached hydrogen (secondary N) is 2. The summed E-state index contributed by atoms with van der Waals surface area (Å²) >= 11 is 0. The van der Waals surface area contributed by atoms with Crippen molar-refractivity contribution < 1.29 is 14.3 Å². The second-order valence-corrected chi connectivity index (χ2v) is 6.87. The maximum absolute atomic E-state index is 11.8. The number of likely N-dealkylation sites (N-methyl/N-ethyl adjacent to an activating group) is 1. The van der Waals surface area contributed by atoms with Crippen molar-refractivity contribution in [2.45, 2.75) is 46.3 Å². The van der Waals surface area contributed by atoms with Crippen LogP contribution in [0.1, 0.15) is 38.3 Å². The zero-order valence-electron chi connectivity index (χ0n) is 17.5. The molecule has 1 atom stereocenters. The van der Waals surface area contributed by atoms with Gasteiger partial charge < -0.3 is 25.0 Å². The van der Waals surface area contributed by atoms with E-state index >= 15 is 0 Å². The first kappa shape index (κ1) is 24.3. The number of halogens is 1. The number of nitrogens with zero attached hydrogens (tertiary/aromatic N) is 2. The third-order valence-electron chi connectivity index (χ3n) is 4.23. The summed E-state index contributed by atoms with van der Waals surface area (Å²) < 4.78 is 11.7. The highest BCUT2D eigenvalue weighted by Gasteiger charge is 2.21. The first-order valence-electron chi connectivity index (χ1n) is 9.62. The molecule has 1 aromatic carbocycles. The van der Waals surface area contributed by atoms with Gasteiger partial charge in [0, 0.05) is 38.2 Å². The Hall–Kier alpha value is -1.71. The Morgan fingerprint density at radius 1 is 1.32 bits per heavy atom. The first-order valence-corrected chi connectivity index (χ1v) is 9.62. The van der Waals surface area contributed by atoms with Gasteiger partial charge in [-0.3, -0.25) is 4.79 Å². The van der Waals surface area contributed by atoms with Crippen LogP contribution in [0.15, 0.2) is 17.1 Å². The topological polar surface area (TPSA) is 75.2 Å². The second-order valence-electron chi connectivity index (χ2n) is 6.87. The smallest absolute Gasteiger partial charge is 0.241 e. The number of fused-ring (bicyclic) bond motifs is 1. The quantitative estimate of drug-likeness (QED) is 0.324. The van der Waals surface area contributed by atoms with E-state index in [-0.39, 0.29) is 42.5 Å². The van der Waals surface area contributed by atoms with E-state index in [0.29, 0.717) is 19.1 Å². The Kier molecular flexibility index (Phi) is 10.4. The van der Waals surface area contributed by atoms with E-state index in [4.69, 9.17) is 9.47 Å². The fourth-order valence-corrected chi connectivity index (χ4v) is 2.79. The summed E-state index contributed by atoms with van der Waals surface area (Å²) in [4.78, 5) is 18.0. The average molecular weight is 504 g/mol. The SMILES string of the molecule is CCCNC(=NCc1cc2c(cc1OCC)CC(C)O2)NCC(=O)N(C)C.I. The lowest BCUT2D eigenvalue weighted by Gasteiger charge is -2.15. The van der Waals surface area contributed by atoms with Crippen LogP contribution in [0.5, 0.6) is 11.5 Å². The van der Waals surface area contributed by atoms with Gasteiger partial charge in [0.25, 0.3) is 0 Å². The average Bonchev–Trinajstić information content (AvgIpc) is 2.99. The minimum atomic E-state index is -0.00378. The third kappa shape index (κ3) is 7.03. The molecule has 2 N–H and O–H groups in total. The summed E-state index contributed by atoms with van der Waals surface area (Å²) in [5.74, 6) is 2.37. The number of hydrogen-bond acceptors (Lipinski definition) is 4. The Morgan fingerprint density at radius 2 is 2.07 bits per heavy atom. The number of guanidine groups is 1. The highest BCUT2D eigenvalue weighted by molar-refractivity contribution is 14.0. The molecule has 1 unspecified atom stereocenters. The number of amides is 1. The lowest BCUT2D eigenvalue weighted by Crippen LogP contribution is -2.43. The van der Waals surface area contributed by atoms with Crippen molar-refractivity contribution in [3.63, 3.8) is 0 Å². The summed E-state index contributed by atoms with van der Waals surface area (Å²) in [6, 6.07) is 4.09. The molecule has 1 heterocycles. The molecule has 0 aliphatic carbocycles. The van der Waals surface area contributed by atoms with Crippen LogP contribution in [-0.2, 0) is 17.8 Å². The molecular formula is C20H33IN4O3. The predicted molar refractivity (Wildman–Crippen MR) is 123 cm³/mol. The lowest BCUT2D eigenvalue weighted by molar-refractivity contribution is -0.127. The molecule has 0 radical (unpaired) electrons. The molecular weight excluding hydrogens is 471 g/mol. The van der Waals surface area contributed by atoms with Crippen LogP contribution in [0.4, 0.5) is 0 Å². The molecule has 158 valence electrons. The van der Waals surface area contributed by atoms with Crippen LogP contribution >= 0.6 is 24.0 Å². The third-order valence-corrected chi connectivity index (χ3v) is 4.23. The number of carbonyl (C=O) groups is 1. The summed E-state index contributed by atoms with van der Waals surface area (Å²) in [6.07, 6.45) is 2.06. The maximum atomic E-state index is 11.8. The Bertz CT molecular complexity index is 680. The molecule has 28 heavy (non-hydrogen) atoms. The summed E-state index contributed by atoms with van der Waals surface area (Å²) in [5, 5.41) is 6.33. The molecule has 7 nitrogen and oxygen atoms in total. The Morgan fingerprint density at radius 3 is 2.71 bits per heavy atom. The molecule has 0 spiro atoms. The van der Waals surface area contributed by atoms with Gasteiger partial charge in [-0.1, -0.05) is 6.92 Å². The highest BCUT2D eigenvalue weighted by Crippen LogP contribution is 2.35. The van der Waals surface area contributed by atoms with E-state index in [9.17, 15) is 4.79 Å². The van der Waals surface area contributed by atoms with Crippen molar-refractivity contribution in [3.05, 3.63) is 23.3 Å². The van der Waals surface area contributed by atoms with E-state index in [0.717, 1.165) is 36.4 Å². The van der Waals surface area contributed by atoms with E-state index in [1.807, 2.05) is 13.0 Å². The lowest BCUT2D eigenvalue weighted by atomic mass is 10.1. The molecule has 8 heteroatoms. The monoisotopic (exact) mass is 504 g/mol. The summed E-state index contributed by atoms with van der Waals surface area (Å²) in [6.45, 7) is 8.15. The number of ether oxygens (including phenoxy) is 2. The molecule has 2 rings (SSSR count). The number of benzene rings is 1.